The van der Waals surface area contributed by atoms with Gasteiger partial charge < -0.3 is 5.32 Å². The summed E-state index contributed by atoms with van der Waals surface area (Å²) in [5, 5.41) is 13.3. The van der Waals surface area contributed by atoms with Gasteiger partial charge >= 0.3 is 0 Å². The maximum Gasteiger partial charge on any atom is 0.270 e. The maximum absolute atomic E-state index is 12.3. The Morgan fingerprint density at radius 2 is 2.04 bits per heavy atom. The Bertz CT molecular complexity index is 612. The number of amides is 2. The van der Waals surface area contributed by atoms with Crippen molar-refractivity contribution in [3.63, 3.8) is 0 Å². The summed E-state index contributed by atoms with van der Waals surface area (Å²) in [6, 6.07) is 4.82. The topological polar surface area (TPSA) is 69.6 Å². The molecule has 0 saturated carbocycles. The van der Waals surface area contributed by atoms with Gasteiger partial charge in [0.2, 0.25) is 0 Å². The first-order valence-electron chi connectivity index (χ1n) is 7.00. The molecule has 1 aromatic rings. The Morgan fingerprint density at radius 1 is 1.33 bits per heavy atom. The molecule has 1 aromatic carbocycles. The van der Waals surface area contributed by atoms with E-state index in [4.69, 9.17) is 34.8 Å². The third kappa shape index (κ3) is 7.49. The number of halogens is 4. The first kappa shape index (κ1) is 20.7. The van der Waals surface area contributed by atoms with Gasteiger partial charge in [0.1, 0.15) is 0 Å². The van der Waals surface area contributed by atoms with E-state index >= 15 is 0 Å². The highest BCUT2D eigenvalue weighted by Gasteiger charge is 2.12. The van der Waals surface area contributed by atoms with E-state index in [2.05, 4.69) is 5.32 Å². The maximum atomic E-state index is 12.3. The van der Waals surface area contributed by atoms with Crippen LogP contribution in [0.15, 0.2) is 24.3 Å². The van der Waals surface area contributed by atoms with Gasteiger partial charge in [-0.15, -0.1) is 0 Å². The number of benzene rings is 1. The second-order valence-corrected chi connectivity index (χ2v) is 5.99. The lowest BCUT2D eigenvalue weighted by atomic mass is 10.2. The molecule has 0 fully saturated rings. The molecule has 9 heteroatoms. The van der Waals surface area contributed by atoms with Crippen molar-refractivity contribution in [3.8, 4) is 0 Å². The largest absolute Gasteiger partial charge is 0.352 e. The van der Waals surface area contributed by atoms with E-state index in [1.165, 1.54) is 12.2 Å². The fourth-order valence-corrected chi connectivity index (χ4v) is 2.22. The fourth-order valence-electron chi connectivity index (χ4n) is 1.67. The summed E-state index contributed by atoms with van der Waals surface area (Å²) in [7, 11) is 0. The van der Waals surface area contributed by atoms with Crippen LogP contribution in [0.2, 0.25) is 10.0 Å². The number of rotatable bonds is 8. The van der Waals surface area contributed by atoms with Gasteiger partial charge in [-0.2, -0.15) is 0 Å². The van der Waals surface area contributed by atoms with Crippen molar-refractivity contribution in [2.75, 3.05) is 13.1 Å². The van der Waals surface area contributed by atoms with Crippen LogP contribution in [0, 0.1) is 0 Å². The predicted molar refractivity (Wildman–Crippen MR) is 92.0 cm³/mol. The van der Waals surface area contributed by atoms with Crippen molar-refractivity contribution in [1.82, 2.24) is 10.4 Å². The molecule has 0 bridgehead atoms. The molecule has 0 radical (unpaired) electrons. The minimum atomic E-state index is -2.08. The Labute approximate surface area is 153 Å². The van der Waals surface area contributed by atoms with Crippen molar-refractivity contribution in [1.29, 1.82) is 0 Å². The third-order valence-corrected chi connectivity index (χ3v) is 3.68. The summed E-state index contributed by atoms with van der Waals surface area (Å²) in [6.07, 6.45) is 3.51. The van der Waals surface area contributed by atoms with Gasteiger partial charge in [-0.05, 0) is 36.6 Å². The van der Waals surface area contributed by atoms with Crippen LogP contribution in [0.5, 0.6) is 0 Å². The summed E-state index contributed by atoms with van der Waals surface area (Å²) >= 11 is 16.7. The van der Waals surface area contributed by atoms with Crippen molar-refractivity contribution in [2.24, 2.45) is 0 Å². The first-order chi connectivity index (χ1) is 11.3. The second kappa shape index (κ2) is 10.5. The third-order valence-electron chi connectivity index (χ3n) is 2.92. The molecule has 5 nitrogen and oxygen atoms in total. The van der Waals surface area contributed by atoms with E-state index in [0.29, 0.717) is 33.5 Å². The zero-order chi connectivity index (χ0) is 18.1. The number of unbranched alkanes of at least 4 members (excludes halogenated alkanes) is 1. The highest BCUT2D eigenvalue weighted by Crippen LogP contribution is 2.22. The van der Waals surface area contributed by atoms with E-state index in [-0.39, 0.29) is 13.1 Å². The summed E-state index contributed by atoms with van der Waals surface area (Å²) in [4.78, 5) is 22.6. The number of nitrogens with zero attached hydrogens (tertiary/aromatic N) is 1. The second-order valence-electron chi connectivity index (χ2n) is 4.76. The molecule has 0 aliphatic heterocycles. The lowest BCUT2D eigenvalue weighted by molar-refractivity contribution is -0.159. The molecule has 0 aliphatic carbocycles. The van der Waals surface area contributed by atoms with Gasteiger partial charge in [0, 0.05) is 29.2 Å². The van der Waals surface area contributed by atoms with Crippen LogP contribution in [-0.4, -0.2) is 40.8 Å². The molecular weight excluding hydrogens is 382 g/mol. The summed E-state index contributed by atoms with van der Waals surface area (Å²) in [5.41, 5.74) is -1.49. The normalized spacial score (nSPS) is 12.2. The quantitative estimate of drug-likeness (QED) is 0.231. The van der Waals surface area contributed by atoms with Crippen molar-refractivity contribution < 1.29 is 19.2 Å². The molecule has 1 unspecified atom stereocenters. The number of hydrogen-bond acceptors (Lipinski definition) is 3. The first-order valence-corrected chi connectivity index (χ1v) is 8.20. The highest BCUT2D eigenvalue weighted by atomic mass is 35.5. The summed E-state index contributed by atoms with van der Waals surface area (Å²) in [5.74, 6) is -1.52. The molecule has 2 amide bonds. The van der Waals surface area contributed by atoms with Crippen LogP contribution in [0.3, 0.4) is 0 Å². The minimum Gasteiger partial charge on any atom is -0.352 e. The monoisotopic (exact) mass is 396 g/mol. The van der Waals surface area contributed by atoms with E-state index in [1.54, 1.807) is 18.2 Å². The predicted octanol–water partition coefficient (Wildman–Crippen LogP) is 3.66. The highest BCUT2D eigenvalue weighted by molar-refractivity contribution is 6.35. The Morgan fingerprint density at radius 3 is 2.67 bits per heavy atom. The number of carbonyl (C=O) groups is 2. The van der Waals surface area contributed by atoms with E-state index < -0.39 is 17.4 Å². The molecule has 0 heterocycles. The number of hydrogen-bond donors (Lipinski definition) is 2. The fraction of sp³-hybridized carbons (Fsp3) is 0.333. The molecule has 132 valence electrons. The molecule has 0 aliphatic rings. The van der Waals surface area contributed by atoms with Crippen LogP contribution in [0.4, 0.5) is 4.39 Å². The Hall–Kier alpha value is -1.34. The van der Waals surface area contributed by atoms with Crippen LogP contribution in [-0.2, 0) is 9.59 Å². The molecule has 1 atom stereocenters. The number of carbonyl (C=O) groups excluding carboxylic acids is 2. The van der Waals surface area contributed by atoms with Gasteiger partial charge in [-0.3, -0.25) is 14.8 Å². The molecular formula is C15H16Cl3FN2O3. The van der Waals surface area contributed by atoms with Gasteiger partial charge in [-0.25, -0.2) is 9.45 Å². The van der Waals surface area contributed by atoms with Gasteiger partial charge in [0.25, 0.3) is 17.4 Å². The van der Waals surface area contributed by atoms with Crippen molar-refractivity contribution in [2.45, 2.75) is 18.5 Å². The number of alkyl halides is 2. The van der Waals surface area contributed by atoms with E-state index in [0.717, 1.165) is 0 Å². The molecule has 24 heavy (non-hydrogen) atoms. The average Bonchev–Trinajstić information content (AvgIpc) is 2.52. The zero-order valence-electron chi connectivity index (χ0n) is 12.5. The molecule has 2 N–H and O–H groups in total. The van der Waals surface area contributed by atoms with Crippen LogP contribution in [0.1, 0.15) is 18.4 Å². The molecule has 0 spiro atoms. The summed E-state index contributed by atoms with van der Waals surface area (Å²) < 4.78 is 12.3. The number of hydroxylamine groups is 2. The molecule has 0 saturated heterocycles. The number of nitrogens with one attached hydrogen (secondary N) is 1. The standard InChI is InChI=1S/C15H16Cl3FN2O3/c16-11-5-3-10(12(17)9-11)4-6-13(22)21(24)8-2-1-7-20-15(23)14(18)19/h3-6,9,14,24H,1-2,7-8H2,(H,20,23)/b6-4+. The molecule has 0 aromatic heterocycles. The lowest BCUT2D eigenvalue weighted by Crippen LogP contribution is -2.31. The van der Waals surface area contributed by atoms with E-state index in [1.807, 2.05) is 0 Å². The van der Waals surface area contributed by atoms with Crippen LogP contribution in [0.25, 0.3) is 6.08 Å². The van der Waals surface area contributed by atoms with Crippen LogP contribution >= 0.6 is 34.8 Å². The van der Waals surface area contributed by atoms with Gasteiger partial charge in [0.15, 0.2) is 0 Å². The van der Waals surface area contributed by atoms with Crippen molar-refractivity contribution >= 4 is 52.7 Å². The minimum absolute atomic E-state index is 0.0628. The van der Waals surface area contributed by atoms with Crippen molar-refractivity contribution in [3.05, 3.63) is 39.9 Å². The Balaban J connectivity index is 2.34. The average molecular weight is 398 g/mol. The van der Waals surface area contributed by atoms with Gasteiger partial charge in [0.05, 0.1) is 0 Å². The SMILES string of the molecule is O=C(NCCCCN(O)C(=O)/C=C/c1ccc(Cl)cc1Cl)C(F)Cl. The summed E-state index contributed by atoms with van der Waals surface area (Å²) in [6.45, 7) is 0.261. The van der Waals surface area contributed by atoms with Gasteiger partial charge in [-0.1, -0.05) is 40.9 Å². The van der Waals surface area contributed by atoms with Crippen LogP contribution < -0.4 is 5.32 Å². The molecule has 1 rings (SSSR count). The van der Waals surface area contributed by atoms with E-state index in [9.17, 15) is 19.2 Å². The lowest BCUT2D eigenvalue weighted by Gasteiger charge is -2.12. The Kier molecular flexibility index (Phi) is 9.07. The zero-order valence-corrected chi connectivity index (χ0v) is 14.8. The smallest absolute Gasteiger partial charge is 0.270 e.